The molecule has 0 aliphatic carbocycles. The van der Waals surface area contributed by atoms with E-state index in [4.69, 9.17) is 15.2 Å². The van der Waals surface area contributed by atoms with E-state index in [0.717, 1.165) is 49.5 Å². The second-order valence-corrected chi connectivity index (χ2v) is 9.62. The molecule has 0 unspecified atom stereocenters. The molecule has 0 radical (unpaired) electrons. The van der Waals surface area contributed by atoms with E-state index >= 15 is 0 Å². The number of piperazine rings is 1. The Kier molecular flexibility index (Phi) is 6.49. The molecule has 2 aliphatic rings. The molecule has 1 amide bonds. The highest BCUT2D eigenvalue weighted by atomic mass is 16.1. The molecule has 2 fully saturated rings. The molecule has 2 aliphatic heterocycles. The van der Waals surface area contributed by atoms with Crippen molar-refractivity contribution in [2.45, 2.75) is 13.0 Å². The highest BCUT2D eigenvalue weighted by Gasteiger charge is 2.23. The van der Waals surface area contributed by atoms with Gasteiger partial charge in [0, 0.05) is 49.7 Å². The molecule has 0 saturated carbocycles. The fraction of sp³-hybridized carbons (Fsp3) is 0.207. The number of nitrogens with zero attached hydrogens (tertiary/aromatic N) is 7. The fourth-order valence-electron chi connectivity index (χ4n) is 4.81. The normalized spacial score (nSPS) is 17.0. The molecule has 0 spiro atoms. The van der Waals surface area contributed by atoms with Crippen molar-refractivity contribution >= 4 is 35.2 Å². The maximum atomic E-state index is 11.9. The van der Waals surface area contributed by atoms with Crippen molar-refractivity contribution < 1.29 is 4.79 Å². The Morgan fingerprint density at radius 3 is 2.51 bits per heavy atom. The minimum atomic E-state index is -0.0663. The van der Waals surface area contributed by atoms with Gasteiger partial charge in [-0.1, -0.05) is 36.9 Å². The fourth-order valence-corrected chi connectivity index (χ4v) is 4.81. The van der Waals surface area contributed by atoms with Crippen molar-refractivity contribution in [3.05, 3.63) is 95.3 Å². The number of hydrogen-bond acceptors (Lipinski definition) is 8. The van der Waals surface area contributed by atoms with Gasteiger partial charge in [-0.05, 0) is 41.5 Å². The first-order valence-electron chi connectivity index (χ1n) is 12.8. The number of benzene rings is 2. The first kappa shape index (κ1) is 24.3. The quantitative estimate of drug-likeness (QED) is 0.400. The number of nitriles is 1. The van der Waals surface area contributed by atoms with E-state index in [1.54, 1.807) is 10.7 Å². The highest BCUT2D eigenvalue weighted by Crippen LogP contribution is 2.26. The van der Waals surface area contributed by atoms with E-state index in [1.807, 2.05) is 60.7 Å². The second-order valence-electron chi connectivity index (χ2n) is 9.62. The van der Waals surface area contributed by atoms with Gasteiger partial charge in [0.05, 0.1) is 24.3 Å². The van der Waals surface area contributed by atoms with Gasteiger partial charge in [-0.15, -0.1) is 0 Å². The van der Waals surface area contributed by atoms with Crippen LogP contribution in [0.15, 0.2) is 78.6 Å². The Labute approximate surface area is 225 Å². The molecule has 0 bridgehead atoms. The summed E-state index contributed by atoms with van der Waals surface area (Å²) in [4.78, 5) is 26.2. The van der Waals surface area contributed by atoms with Crippen molar-refractivity contribution in [1.82, 2.24) is 29.8 Å². The molecule has 39 heavy (non-hydrogen) atoms. The zero-order valence-corrected chi connectivity index (χ0v) is 21.3. The minimum Gasteiger partial charge on any atom is -0.338 e. The summed E-state index contributed by atoms with van der Waals surface area (Å²) in [6.07, 6.45) is 3.94. The average molecular weight is 518 g/mol. The molecule has 10 nitrogen and oxygen atoms in total. The van der Waals surface area contributed by atoms with Gasteiger partial charge in [-0.3, -0.25) is 9.69 Å². The zero-order chi connectivity index (χ0) is 26.8. The van der Waals surface area contributed by atoms with Gasteiger partial charge in [-0.25, -0.2) is 0 Å². The van der Waals surface area contributed by atoms with Crippen LogP contribution < -0.4 is 15.5 Å². The summed E-state index contributed by atoms with van der Waals surface area (Å²) in [5.41, 5.74) is 5.63. The lowest BCUT2D eigenvalue weighted by atomic mass is 10.1. The lowest BCUT2D eigenvalue weighted by Gasteiger charge is -2.34. The van der Waals surface area contributed by atoms with Gasteiger partial charge in [0.25, 0.3) is 0 Å². The molecule has 10 heteroatoms. The van der Waals surface area contributed by atoms with Crippen molar-refractivity contribution in [2.75, 3.05) is 36.4 Å². The Morgan fingerprint density at radius 1 is 1.05 bits per heavy atom. The Bertz CT molecular complexity index is 1610. The first-order chi connectivity index (χ1) is 19.1. The van der Waals surface area contributed by atoms with Crippen LogP contribution in [0.2, 0.25) is 0 Å². The smallest absolute Gasteiger partial charge is 0.233 e. The molecule has 4 heterocycles. The van der Waals surface area contributed by atoms with Gasteiger partial charge in [-0.2, -0.15) is 24.8 Å². The topological polar surface area (TPSA) is 114 Å². The molecule has 2 saturated heterocycles. The number of aromatic nitrogens is 4. The van der Waals surface area contributed by atoms with Gasteiger partial charge in [0.15, 0.2) is 5.65 Å². The van der Waals surface area contributed by atoms with Crippen molar-refractivity contribution in [3.63, 3.8) is 0 Å². The van der Waals surface area contributed by atoms with Crippen LogP contribution in [-0.2, 0) is 11.3 Å². The van der Waals surface area contributed by atoms with Crippen LogP contribution in [0.25, 0.3) is 11.7 Å². The van der Waals surface area contributed by atoms with E-state index in [0.29, 0.717) is 28.8 Å². The molecular formula is C29H27N9O. The lowest BCUT2D eigenvalue weighted by Crippen LogP contribution is -2.46. The lowest BCUT2D eigenvalue weighted by molar-refractivity contribution is -0.118. The Morgan fingerprint density at radius 2 is 1.82 bits per heavy atom. The Balaban J connectivity index is 1.27. The van der Waals surface area contributed by atoms with Crippen LogP contribution in [0, 0.1) is 11.3 Å². The number of carbonyl (C=O) groups excluding carboxylic acids is 1. The van der Waals surface area contributed by atoms with E-state index in [1.165, 1.54) is 5.56 Å². The van der Waals surface area contributed by atoms with E-state index in [9.17, 15) is 4.79 Å². The van der Waals surface area contributed by atoms with Crippen LogP contribution in [0.3, 0.4) is 0 Å². The summed E-state index contributed by atoms with van der Waals surface area (Å²) >= 11 is 0. The van der Waals surface area contributed by atoms with E-state index < -0.39 is 0 Å². The number of nitrogens with one attached hydrogen (secondary N) is 2. The van der Waals surface area contributed by atoms with Gasteiger partial charge < -0.3 is 15.5 Å². The average Bonchev–Trinajstić information content (AvgIpc) is 3.51. The van der Waals surface area contributed by atoms with E-state index in [2.05, 4.69) is 38.2 Å². The molecule has 2 aromatic carbocycles. The number of hydrogen-bond donors (Lipinski definition) is 2. The number of allylic oxidation sites excluding steroid dienone is 1. The zero-order valence-electron chi connectivity index (χ0n) is 21.3. The molecule has 6 rings (SSSR count). The van der Waals surface area contributed by atoms with E-state index in [-0.39, 0.29) is 12.3 Å². The van der Waals surface area contributed by atoms with Gasteiger partial charge in [0.2, 0.25) is 17.8 Å². The summed E-state index contributed by atoms with van der Waals surface area (Å²) in [6, 6.07) is 19.8. The third-order valence-corrected chi connectivity index (χ3v) is 6.92. The van der Waals surface area contributed by atoms with Crippen LogP contribution in [0.4, 0.5) is 17.6 Å². The maximum absolute atomic E-state index is 11.9. The monoisotopic (exact) mass is 517 g/mol. The summed E-state index contributed by atoms with van der Waals surface area (Å²) in [5.74, 6) is 1.12. The molecular weight excluding hydrogens is 490 g/mol. The standard InChI is InChI=1S/C29H27N9O/c1-20-23(16-26(39)32-20)15-24-18-31-38-27(24)34-28(35-29(38)33-25-5-3-2-4-6-25)37-13-11-36(12-14-37)19-22-9-7-21(17-30)8-10-22/h2-10,15,18H,1,11-14,16,19H2,(H,32,39)(H,33,34,35)/b23-15+. The second kappa shape index (κ2) is 10.4. The highest BCUT2D eigenvalue weighted by molar-refractivity contribution is 5.89. The van der Waals surface area contributed by atoms with Crippen LogP contribution in [0.1, 0.15) is 23.1 Å². The summed E-state index contributed by atoms with van der Waals surface area (Å²) in [7, 11) is 0. The summed E-state index contributed by atoms with van der Waals surface area (Å²) < 4.78 is 1.69. The number of fused-ring (bicyclic) bond motifs is 1. The van der Waals surface area contributed by atoms with Crippen molar-refractivity contribution in [3.8, 4) is 6.07 Å². The van der Waals surface area contributed by atoms with Crippen molar-refractivity contribution in [2.24, 2.45) is 0 Å². The predicted molar refractivity (Wildman–Crippen MR) is 149 cm³/mol. The number of carbonyl (C=O) groups is 1. The summed E-state index contributed by atoms with van der Waals surface area (Å²) in [6.45, 7) is 8.06. The SMILES string of the molecule is C=C1NC(=O)C/C1=C\c1cnn2c(Nc3ccccc3)nc(N3CCN(Cc4ccc(C#N)cc4)CC3)nc12. The largest absolute Gasteiger partial charge is 0.338 e. The van der Waals surface area contributed by atoms with Crippen LogP contribution in [0.5, 0.6) is 0 Å². The van der Waals surface area contributed by atoms with Crippen LogP contribution in [-0.4, -0.2) is 56.6 Å². The molecule has 0 atom stereocenters. The number of para-hydroxylation sites is 1. The maximum Gasteiger partial charge on any atom is 0.233 e. The third-order valence-electron chi connectivity index (χ3n) is 6.92. The molecule has 4 aromatic rings. The molecule has 2 N–H and O–H groups in total. The predicted octanol–water partition coefficient (Wildman–Crippen LogP) is 3.48. The Hall–Kier alpha value is -5.01. The third kappa shape index (κ3) is 5.21. The molecule has 194 valence electrons. The summed E-state index contributed by atoms with van der Waals surface area (Å²) in [5, 5.41) is 19.7. The van der Waals surface area contributed by atoms with Crippen molar-refractivity contribution in [1.29, 1.82) is 5.26 Å². The number of rotatable bonds is 6. The van der Waals surface area contributed by atoms with Crippen LogP contribution >= 0.6 is 0 Å². The van der Waals surface area contributed by atoms with Gasteiger partial charge in [0.1, 0.15) is 0 Å². The number of amides is 1. The molecule has 2 aromatic heterocycles. The van der Waals surface area contributed by atoms with Gasteiger partial charge >= 0.3 is 0 Å². The minimum absolute atomic E-state index is 0.0663. The number of anilines is 3. The first-order valence-corrected chi connectivity index (χ1v) is 12.8.